The number of H-pyrrole nitrogens is 1. The number of fused-ring (bicyclic) bond motifs is 1. The maximum Gasteiger partial charge on any atom is 0.258 e. The second-order valence-electron chi connectivity index (χ2n) is 8.56. The number of benzene rings is 2. The summed E-state index contributed by atoms with van der Waals surface area (Å²) in [6.45, 7) is 7.79. The molecule has 0 unspecified atom stereocenters. The van der Waals surface area contributed by atoms with Crippen molar-refractivity contribution in [3.8, 4) is 5.69 Å². The molecule has 0 fully saturated rings. The first kappa shape index (κ1) is 20.4. The molecule has 4 rings (SSSR count). The van der Waals surface area contributed by atoms with Crippen LogP contribution in [0.15, 0.2) is 65.5 Å². The topological polar surface area (TPSA) is 67.3 Å². The normalized spacial score (nSPS) is 11.9. The van der Waals surface area contributed by atoms with Crippen LogP contribution in [0.1, 0.15) is 37.6 Å². The molecule has 30 heavy (non-hydrogen) atoms. The highest BCUT2D eigenvalue weighted by atomic mass is 35.5. The molecule has 0 aliphatic rings. The predicted octanol–water partition coefficient (Wildman–Crippen LogP) is 3.93. The van der Waals surface area contributed by atoms with Crippen molar-refractivity contribution in [2.45, 2.75) is 39.3 Å². The number of nitrogens with zero attached hydrogens (tertiary/aromatic N) is 2. The van der Waals surface area contributed by atoms with Crippen LogP contribution in [0.3, 0.4) is 0 Å². The minimum absolute atomic E-state index is 0.0765. The van der Waals surface area contributed by atoms with Crippen molar-refractivity contribution in [2.24, 2.45) is 0 Å². The van der Waals surface area contributed by atoms with Crippen LogP contribution >= 0.6 is 11.6 Å². The van der Waals surface area contributed by atoms with Gasteiger partial charge >= 0.3 is 0 Å². The SMILES string of the molecule is CC(C)(C)c1nn(-c2ccccc2)c2[nH]c(=O)c(C[NH2+]Cc3ccc(Cl)cc3)cc12. The summed E-state index contributed by atoms with van der Waals surface area (Å²) in [4.78, 5) is 15.9. The Kier molecular flexibility index (Phi) is 5.50. The molecule has 154 valence electrons. The summed E-state index contributed by atoms with van der Waals surface area (Å²) in [5, 5.41) is 8.71. The Hall–Kier alpha value is -2.89. The molecular formula is C24H26ClN4O+. The lowest BCUT2D eigenvalue weighted by Gasteiger charge is -2.15. The fourth-order valence-corrected chi connectivity index (χ4v) is 3.72. The van der Waals surface area contributed by atoms with Gasteiger partial charge in [-0.3, -0.25) is 4.79 Å². The smallest absolute Gasteiger partial charge is 0.258 e. The second-order valence-corrected chi connectivity index (χ2v) is 8.99. The molecule has 0 amide bonds. The fourth-order valence-electron chi connectivity index (χ4n) is 3.59. The number of nitrogens with one attached hydrogen (secondary N) is 1. The number of pyridine rings is 1. The van der Waals surface area contributed by atoms with Gasteiger partial charge in [0.1, 0.15) is 18.7 Å². The molecule has 0 bridgehead atoms. The number of aromatic amines is 1. The zero-order valence-corrected chi connectivity index (χ0v) is 18.2. The molecule has 0 spiro atoms. The number of aromatic nitrogens is 3. The van der Waals surface area contributed by atoms with Gasteiger partial charge in [0.25, 0.3) is 5.56 Å². The van der Waals surface area contributed by atoms with Gasteiger partial charge < -0.3 is 10.3 Å². The molecule has 0 saturated heterocycles. The third kappa shape index (κ3) is 4.18. The Morgan fingerprint density at radius 1 is 1.03 bits per heavy atom. The van der Waals surface area contributed by atoms with Crippen molar-refractivity contribution in [1.82, 2.24) is 14.8 Å². The molecular weight excluding hydrogens is 396 g/mol. The van der Waals surface area contributed by atoms with E-state index in [9.17, 15) is 4.79 Å². The standard InChI is InChI=1S/C24H25ClN4O/c1-24(2,3)21-20-13-17(15-26-14-16-9-11-18(25)12-10-16)23(30)27-22(20)29(28-21)19-7-5-4-6-8-19/h4-13,26H,14-15H2,1-3H3,(H,27,30)/p+1. The largest absolute Gasteiger partial charge is 0.339 e. The van der Waals surface area contributed by atoms with Crippen LogP contribution in [-0.4, -0.2) is 14.8 Å². The maximum atomic E-state index is 12.8. The summed E-state index contributed by atoms with van der Waals surface area (Å²) in [6, 6.07) is 19.7. The Morgan fingerprint density at radius 2 is 1.73 bits per heavy atom. The van der Waals surface area contributed by atoms with Crippen LogP contribution in [0.2, 0.25) is 5.02 Å². The van der Waals surface area contributed by atoms with Gasteiger partial charge in [-0.15, -0.1) is 0 Å². The fraction of sp³-hybridized carbons (Fsp3) is 0.250. The van der Waals surface area contributed by atoms with Crippen LogP contribution in [0.5, 0.6) is 0 Å². The van der Waals surface area contributed by atoms with Gasteiger partial charge in [0.05, 0.1) is 16.9 Å². The molecule has 6 heteroatoms. The minimum Gasteiger partial charge on any atom is -0.339 e. The summed E-state index contributed by atoms with van der Waals surface area (Å²) < 4.78 is 1.83. The van der Waals surface area contributed by atoms with E-state index in [1.165, 1.54) is 5.56 Å². The van der Waals surface area contributed by atoms with E-state index in [-0.39, 0.29) is 11.0 Å². The molecule has 3 N–H and O–H groups in total. The Balaban J connectivity index is 1.69. The third-order valence-corrected chi connectivity index (χ3v) is 5.38. The van der Waals surface area contributed by atoms with Gasteiger partial charge in [-0.1, -0.05) is 62.7 Å². The van der Waals surface area contributed by atoms with Gasteiger partial charge in [0, 0.05) is 21.4 Å². The van der Waals surface area contributed by atoms with E-state index in [1.807, 2.05) is 65.3 Å². The highest BCUT2D eigenvalue weighted by molar-refractivity contribution is 6.30. The number of hydrogen-bond acceptors (Lipinski definition) is 2. The van der Waals surface area contributed by atoms with Crippen LogP contribution in [0.4, 0.5) is 0 Å². The molecule has 0 aliphatic carbocycles. The first-order valence-electron chi connectivity index (χ1n) is 10.1. The molecule has 0 saturated carbocycles. The number of hydrogen-bond donors (Lipinski definition) is 2. The molecule has 2 aromatic carbocycles. The van der Waals surface area contributed by atoms with Crippen molar-refractivity contribution in [2.75, 3.05) is 0 Å². The summed E-state index contributed by atoms with van der Waals surface area (Å²) >= 11 is 5.95. The van der Waals surface area contributed by atoms with E-state index in [2.05, 4.69) is 31.1 Å². The van der Waals surface area contributed by atoms with E-state index in [4.69, 9.17) is 16.7 Å². The van der Waals surface area contributed by atoms with Gasteiger partial charge in [-0.05, 0) is 30.3 Å². The maximum absolute atomic E-state index is 12.8. The quantitative estimate of drug-likeness (QED) is 0.512. The molecule has 4 aromatic rings. The van der Waals surface area contributed by atoms with Crippen molar-refractivity contribution >= 4 is 22.6 Å². The zero-order valence-electron chi connectivity index (χ0n) is 17.4. The average Bonchev–Trinajstić information content (AvgIpc) is 3.09. The lowest BCUT2D eigenvalue weighted by molar-refractivity contribution is -0.686. The lowest BCUT2D eigenvalue weighted by Crippen LogP contribution is -2.81. The second kappa shape index (κ2) is 8.09. The molecule has 2 heterocycles. The van der Waals surface area contributed by atoms with Gasteiger partial charge in [-0.25, -0.2) is 4.68 Å². The molecule has 0 aliphatic heterocycles. The van der Waals surface area contributed by atoms with Crippen LogP contribution in [0, 0.1) is 0 Å². The monoisotopic (exact) mass is 421 g/mol. The van der Waals surface area contributed by atoms with Gasteiger partial charge in [-0.2, -0.15) is 5.10 Å². The molecule has 5 nitrogen and oxygen atoms in total. The Bertz CT molecular complexity index is 1220. The summed E-state index contributed by atoms with van der Waals surface area (Å²) in [5.41, 5.74) is 4.32. The number of nitrogens with two attached hydrogens (primary N) is 1. The van der Waals surface area contributed by atoms with E-state index in [0.717, 1.165) is 39.5 Å². The van der Waals surface area contributed by atoms with E-state index < -0.39 is 0 Å². The zero-order chi connectivity index (χ0) is 21.3. The van der Waals surface area contributed by atoms with Gasteiger partial charge in [0.2, 0.25) is 0 Å². The van der Waals surface area contributed by atoms with Crippen molar-refractivity contribution in [1.29, 1.82) is 0 Å². The Labute approximate surface area is 180 Å². The Morgan fingerprint density at radius 3 is 2.40 bits per heavy atom. The van der Waals surface area contributed by atoms with Gasteiger partial charge in [0.15, 0.2) is 0 Å². The molecule has 0 radical (unpaired) electrons. The summed E-state index contributed by atoms with van der Waals surface area (Å²) in [5.74, 6) is 0. The van der Waals surface area contributed by atoms with E-state index in [1.54, 1.807) is 0 Å². The third-order valence-electron chi connectivity index (χ3n) is 5.13. The number of rotatable bonds is 5. The average molecular weight is 422 g/mol. The summed E-state index contributed by atoms with van der Waals surface area (Å²) in [7, 11) is 0. The van der Waals surface area contributed by atoms with E-state index >= 15 is 0 Å². The van der Waals surface area contributed by atoms with Crippen LogP contribution < -0.4 is 10.9 Å². The van der Waals surface area contributed by atoms with Crippen molar-refractivity contribution in [3.63, 3.8) is 0 Å². The lowest BCUT2D eigenvalue weighted by atomic mass is 9.90. The number of quaternary nitrogens is 1. The van der Waals surface area contributed by atoms with Crippen molar-refractivity contribution in [3.05, 3.63) is 92.9 Å². The molecule has 2 aromatic heterocycles. The van der Waals surface area contributed by atoms with Crippen molar-refractivity contribution < 1.29 is 5.32 Å². The minimum atomic E-state index is -0.152. The first-order chi connectivity index (χ1) is 14.3. The highest BCUT2D eigenvalue weighted by Gasteiger charge is 2.24. The van der Waals surface area contributed by atoms with E-state index in [0.29, 0.717) is 6.54 Å². The predicted molar refractivity (Wildman–Crippen MR) is 121 cm³/mol. The van der Waals surface area contributed by atoms with Crippen LogP contribution in [-0.2, 0) is 18.5 Å². The summed E-state index contributed by atoms with van der Waals surface area (Å²) in [6.07, 6.45) is 0. The number of halogens is 1. The highest BCUT2D eigenvalue weighted by Crippen LogP contribution is 2.29. The number of para-hydroxylation sites is 1. The first-order valence-corrected chi connectivity index (χ1v) is 10.5. The van der Waals surface area contributed by atoms with Crippen LogP contribution in [0.25, 0.3) is 16.7 Å². The molecule has 0 atom stereocenters.